The molecule has 1 saturated heterocycles. The maximum Gasteiger partial charge on any atom is 0.115 e. The maximum absolute atomic E-state index is 12.9. The van der Waals surface area contributed by atoms with E-state index in [9.17, 15) is 4.39 Å². The molecule has 0 unspecified atom stereocenters. The maximum atomic E-state index is 12.9. The largest absolute Gasteiger partial charge is 0.379 e. The molecule has 0 bridgehead atoms. The van der Waals surface area contributed by atoms with Crippen molar-refractivity contribution in [1.82, 2.24) is 19.4 Å². The van der Waals surface area contributed by atoms with Gasteiger partial charge in [-0.2, -0.15) is 0 Å². The van der Waals surface area contributed by atoms with Gasteiger partial charge in [-0.1, -0.05) is 24.3 Å². The molecule has 0 radical (unpaired) electrons. The van der Waals surface area contributed by atoms with E-state index < -0.39 is 6.67 Å². The number of pyridine rings is 1. The summed E-state index contributed by atoms with van der Waals surface area (Å²) in [5, 5.41) is 0. The zero-order valence-electron chi connectivity index (χ0n) is 15.9. The van der Waals surface area contributed by atoms with Gasteiger partial charge in [-0.25, -0.2) is 9.37 Å². The molecule has 3 aromatic rings. The second-order valence-corrected chi connectivity index (χ2v) is 7.01. The first-order valence-electron chi connectivity index (χ1n) is 9.76. The Morgan fingerprint density at radius 2 is 1.68 bits per heavy atom. The number of halogens is 1. The van der Waals surface area contributed by atoms with Crippen molar-refractivity contribution in [2.45, 2.75) is 19.6 Å². The Morgan fingerprint density at radius 3 is 2.39 bits per heavy atom. The summed E-state index contributed by atoms with van der Waals surface area (Å²) in [4.78, 5) is 11.3. The van der Waals surface area contributed by atoms with Crippen LogP contribution in [0.3, 0.4) is 0 Å². The van der Waals surface area contributed by atoms with Crippen LogP contribution in [0.2, 0.25) is 0 Å². The monoisotopic (exact) mass is 380 g/mol. The SMILES string of the molecule is FCc1ccc(-c2ncn(CCCN3CCOCC3)c2-c2ccncc2)cc1. The molecule has 1 aliphatic rings. The zero-order chi connectivity index (χ0) is 19.2. The number of imidazole rings is 1. The lowest BCUT2D eigenvalue weighted by Gasteiger charge is -2.26. The first-order chi connectivity index (χ1) is 13.8. The number of rotatable bonds is 7. The molecule has 1 aromatic carbocycles. The Bertz CT molecular complexity index is 873. The minimum atomic E-state index is -0.451. The fraction of sp³-hybridized carbons (Fsp3) is 0.364. The van der Waals surface area contributed by atoms with Crippen molar-refractivity contribution in [2.24, 2.45) is 0 Å². The van der Waals surface area contributed by atoms with E-state index in [0.29, 0.717) is 5.56 Å². The number of aromatic nitrogens is 3. The number of ether oxygens (including phenoxy) is 1. The average molecular weight is 380 g/mol. The van der Waals surface area contributed by atoms with Gasteiger partial charge in [0, 0.05) is 49.7 Å². The van der Waals surface area contributed by atoms with E-state index in [4.69, 9.17) is 9.72 Å². The predicted molar refractivity (Wildman–Crippen MR) is 108 cm³/mol. The van der Waals surface area contributed by atoms with Crippen LogP contribution in [0.1, 0.15) is 12.0 Å². The van der Waals surface area contributed by atoms with E-state index in [1.807, 2.05) is 42.7 Å². The fourth-order valence-electron chi connectivity index (χ4n) is 3.62. The highest BCUT2D eigenvalue weighted by Gasteiger charge is 2.16. The molecule has 1 aliphatic heterocycles. The van der Waals surface area contributed by atoms with Crippen LogP contribution in [-0.2, 0) is 18.0 Å². The first-order valence-corrected chi connectivity index (χ1v) is 9.76. The van der Waals surface area contributed by atoms with E-state index in [2.05, 4.69) is 14.5 Å². The Balaban J connectivity index is 1.58. The molecule has 1 fully saturated rings. The van der Waals surface area contributed by atoms with Crippen molar-refractivity contribution in [1.29, 1.82) is 0 Å². The quantitative estimate of drug-likeness (QED) is 0.625. The van der Waals surface area contributed by atoms with Gasteiger partial charge in [-0.05, 0) is 24.1 Å². The van der Waals surface area contributed by atoms with Gasteiger partial charge in [-0.15, -0.1) is 0 Å². The van der Waals surface area contributed by atoms with Gasteiger partial charge in [0.2, 0.25) is 0 Å². The molecular formula is C22H25FN4O. The summed E-state index contributed by atoms with van der Waals surface area (Å²) in [5.74, 6) is 0. The molecule has 28 heavy (non-hydrogen) atoms. The van der Waals surface area contributed by atoms with Crippen molar-refractivity contribution < 1.29 is 9.13 Å². The van der Waals surface area contributed by atoms with Gasteiger partial charge in [0.1, 0.15) is 6.67 Å². The average Bonchev–Trinajstić information content (AvgIpc) is 3.19. The second kappa shape index (κ2) is 9.08. The fourth-order valence-corrected chi connectivity index (χ4v) is 3.62. The number of hydrogen-bond acceptors (Lipinski definition) is 4. The molecular weight excluding hydrogens is 355 g/mol. The predicted octanol–water partition coefficient (Wildman–Crippen LogP) is 3.80. The van der Waals surface area contributed by atoms with Crippen molar-refractivity contribution in [2.75, 3.05) is 32.8 Å². The standard InChI is InChI=1S/C22H25FN4O/c23-16-18-2-4-19(5-3-18)21-22(20-6-8-24-9-7-20)27(17-25-21)11-1-10-26-12-14-28-15-13-26/h2-9,17H,1,10-16H2. The van der Waals surface area contributed by atoms with Gasteiger partial charge in [0.05, 0.1) is 30.9 Å². The summed E-state index contributed by atoms with van der Waals surface area (Å²) in [6.45, 7) is 5.16. The smallest absolute Gasteiger partial charge is 0.115 e. The lowest BCUT2D eigenvalue weighted by Crippen LogP contribution is -2.37. The highest BCUT2D eigenvalue weighted by atomic mass is 19.1. The molecule has 5 nitrogen and oxygen atoms in total. The Labute approximate surface area is 164 Å². The van der Waals surface area contributed by atoms with Gasteiger partial charge >= 0.3 is 0 Å². The Morgan fingerprint density at radius 1 is 0.929 bits per heavy atom. The third kappa shape index (κ3) is 4.29. The molecule has 4 rings (SSSR count). The van der Waals surface area contributed by atoms with Crippen LogP contribution in [0.5, 0.6) is 0 Å². The van der Waals surface area contributed by atoms with Crippen LogP contribution in [0, 0.1) is 0 Å². The third-order valence-electron chi connectivity index (χ3n) is 5.15. The van der Waals surface area contributed by atoms with Gasteiger partial charge < -0.3 is 9.30 Å². The lowest BCUT2D eigenvalue weighted by molar-refractivity contribution is 0.0369. The minimum Gasteiger partial charge on any atom is -0.379 e. The van der Waals surface area contributed by atoms with Gasteiger partial charge in [-0.3, -0.25) is 9.88 Å². The first kappa shape index (κ1) is 18.8. The van der Waals surface area contributed by atoms with Crippen molar-refractivity contribution in [3.05, 3.63) is 60.7 Å². The molecule has 0 saturated carbocycles. The lowest BCUT2D eigenvalue weighted by atomic mass is 10.0. The number of alkyl halides is 1. The summed E-state index contributed by atoms with van der Waals surface area (Å²) in [6.07, 6.45) is 6.56. The van der Waals surface area contributed by atoms with Crippen LogP contribution < -0.4 is 0 Å². The number of morpholine rings is 1. The van der Waals surface area contributed by atoms with Crippen molar-refractivity contribution in [3.8, 4) is 22.5 Å². The molecule has 0 amide bonds. The number of benzene rings is 1. The molecule has 3 heterocycles. The summed E-state index contributed by atoms with van der Waals surface area (Å²) in [7, 11) is 0. The van der Waals surface area contributed by atoms with E-state index in [-0.39, 0.29) is 0 Å². The Hall–Kier alpha value is -2.57. The van der Waals surface area contributed by atoms with E-state index >= 15 is 0 Å². The van der Waals surface area contributed by atoms with Gasteiger partial charge in [0.25, 0.3) is 0 Å². The molecule has 0 spiro atoms. The van der Waals surface area contributed by atoms with Crippen molar-refractivity contribution >= 4 is 0 Å². The summed E-state index contributed by atoms with van der Waals surface area (Å²) < 4.78 is 20.5. The molecule has 146 valence electrons. The van der Waals surface area contributed by atoms with Crippen LogP contribution in [0.4, 0.5) is 4.39 Å². The normalized spacial score (nSPS) is 15.0. The number of nitrogens with zero attached hydrogens (tertiary/aromatic N) is 4. The number of hydrogen-bond donors (Lipinski definition) is 0. The highest BCUT2D eigenvalue weighted by molar-refractivity contribution is 5.78. The molecule has 2 aromatic heterocycles. The van der Waals surface area contributed by atoms with E-state index in [1.165, 1.54) is 0 Å². The topological polar surface area (TPSA) is 43.2 Å². The third-order valence-corrected chi connectivity index (χ3v) is 5.15. The molecule has 0 atom stereocenters. The summed E-state index contributed by atoms with van der Waals surface area (Å²) in [6, 6.07) is 11.6. The van der Waals surface area contributed by atoms with E-state index in [0.717, 1.165) is 68.3 Å². The van der Waals surface area contributed by atoms with Crippen LogP contribution in [0.15, 0.2) is 55.1 Å². The van der Waals surface area contributed by atoms with Crippen LogP contribution in [-0.4, -0.2) is 52.3 Å². The number of aryl methyl sites for hydroxylation is 1. The highest BCUT2D eigenvalue weighted by Crippen LogP contribution is 2.31. The second-order valence-electron chi connectivity index (χ2n) is 7.01. The molecule has 6 heteroatoms. The van der Waals surface area contributed by atoms with Crippen molar-refractivity contribution in [3.63, 3.8) is 0 Å². The van der Waals surface area contributed by atoms with E-state index in [1.54, 1.807) is 12.4 Å². The summed E-state index contributed by atoms with van der Waals surface area (Å²) >= 11 is 0. The van der Waals surface area contributed by atoms with Crippen LogP contribution >= 0.6 is 0 Å². The molecule has 0 N–H and O–H groups in total. The summed E-state index contributed by atoms with van der Waals surface area (Å²) in [5.41, 5.74) is 4.76. The molecule has 0 aliphatic carbocycles. The minimum absolute atomic E-state index is 0.451. The zero-order valence-corrected chi connectivity index (χ0v) is 15.9. The van der Waals surface area contributed by atoms with Gasteiger partial charge in [0.15, 0.2) is 0 Å². The van der Waals surface area contributed by atoms with Crippen LogP contribution in [0.25, 0.3) is 22.5 Å². The Kier molecular flexibility index (Phi) is 6.09.